The zero-order valence-corrected chi connectivity index (χ0v) is 10.5. The molecule has 0 aromatic heterocycles. The highest BCUT2D eigenvalue weighted by Crippen LogP contribution is 2.48. The summed E-state index contributed by atoms with van der Waals surface area (Å²) in [6, 6.07) is 0. The van der Waals surface area contributed by atoms with Crippen molar-refractivity contribution >= 4 is 11.9 Å². The second-order valence-corrected chi connectivity index (χ2v) is 5.18. The molecule has 1 aliphatic rings. The van der Waals surface area contributed by atoms with Gasteiger partial charge in [-0.25, -0.2) is 0 Å². The lowest BCUT2D eigenvalue weighted by Gasteiger charge is -2.45. The number of carbonyl (C=O) groups is 2. The Morgan fingerprint density at radius 3 is 2.11 bits per heavy atom. The Balaban J connectivity index is 3.11. The quantitative estimate of drug-likeness (QED) is 0.578. The smallest absolute Gasteiger partial charge is 0.312 e. The fourth-order valence-corrected chi connectivity index (χ4v) is 3.05. The standard InChI is InChI=1S/C12H20O6/c1-6(13)9-5-8(10(15)16)3-4-12(9,7(2)14)11(17)18/h6-9,13-14H,3-5H2,1-2H3,(H,15,16)(H,17,18). The Bertz CT molecular complexity index is 337. The first kappa shape index (κ1) is 14.9. The van der Waals surface area contributed by atoms with Crippen LogP contribution in [0.3, 0.4) is 0 Å². The van der Waals surface area contributed by atoms with E-state index in [4.69, 9.17) is 5.11 Å². The van der Waals surface area contributed by atoms with Crippen LogP contribution in [0.25, 0.3) is 0 Å². The first-order chi connectivity index (χ1) is 8.23. The van der Waals surface area contributed by atoms with Crippen LogP contribution in [0.15, 0.2) is 0 Å². The van der Waals surface area contributed by atoms with Gasteiger partial charge in [-0.3, -0.25) is 9.59 Å². The summed E-state index contributed by atoms with van der Waals surface area (Å²) in [5.41, 5.74) is -1.46. The molecule has 6 nitrogen and oxygen atoms in total. The van der Waals surface area contributed by atoms with E-state index in [0.29, 0.717) is 0 Å². The largest absolute Gasteiger partial charge is 0.481 e. The molecule has 0 aromatic carbocycles. The Morgan fingerprint density at radius 1 is 1.22 bits per heavy atom. The van der Waals surface area contributed by atoms with Crippen LogP contribution >= 0.6 is 0 Å². The summed E-state index contributed by atoms with van der Waals surface area (Å²) in [6.45, 7) is 2.82. The lowest BCUT2D eigenvalue weighted by molar-refractivity contribution is -0.177. The predicted octanol–water partition coefficient (Wildman–Crippen LogP) is 0.320. The number of rotatable bonds is 4. The molecule has 5 atom stereocenters. The molecule has 0 radical (unpaired) electrons. The molecular formula is C12H20O6. The van der Waals surface area contributed by atoms with Crippen molar-refractivity contribution in [2.24, 2.45) is 17.3 Å². The zero-order chi connectivity index (χ0) is 14.1. The average molecular weight is 260 g/mol. The molecule has 0 aromatic rings. The zero-order valence-electron chi connectivity index (χ0n) is 10.5. The van der Waals surface area contributed by atoms with Gasteiger partial charge >= 0.3 is 11.9 Å². The van der Waals surface area contributed by atoms with E-state index in [1.807, 2.05) is 0 Å². The maximum atomic E-state index is 11.5. The van der Waals surface area contributed by atoms with Crippen molar-refractivity contribution in [3.8, 4) is 0 Å². The minimum atomic E-state index is -1.46. The molecule has 104 valence electrons. The number of carboxylic acid groups (broad SMARTS) is 2. The highest BCUT2D eigenvalue weighted by molar-refractivity contribution is 5.77. The molecule has 0 heterocycles. The molecule has 1 rings (SSSR count). The highest BCUT2D eigenvalue weighted by atomic mass is 16.4. The highest BCUT2D eigenvalue weighted by Gasteiger charge is 2.55. The van der Waals surface area contributed by atoms with Crippen molar-refractivity contribution < 1.29 is 30.0 Å². The summed E-state index contributed by atoms with van der Waals surface area (Å²) in [5.74, 6) is -3.57. The summed E-state index contributed by atoms with van der Waals surface area (Å²) in [4.78, 5) is 22.5. The van der Waals surface area contributed by atoms with E-state index in [1.165, 1.54) is 13.8 Å². The van der Waals surface area contributed by atoms with Crippen LogP contribution in [-0.4, -0.2) is 44.6 Å². The Kier molecular flexibility index (Phi) is 4.34. The van der Waals surface area contributed by atoms with E-state index >= 15 is 0 Å². The third kappa shape index (κ3) is 2.35. The minimum absolute atomic E-state index is 0.0620. The SMILES string of the molecule is CC(O)C1CC(C(=O)O)CCC1(C(=O)O)C(C)O. The lowest BCUT2D eigenvalue weighted by Crippen LogP contribution is -2.54. The molecule has 1 aliphatic carbocycles. The average Bonchev–Trinajstić information content (AvgIpc) is 2.26. The second-order valence-electron chi connectivity index (χ2n) is 5.18. The van der Waals surface area contributed by atoms with Crippen molar-refractivity contribution in [3.05, 3.63) is 0 Å². The van der Waals surface area contributed by atoms with Crippen molar-refractivity contribution in [1.29, 1.82) is 0 Å². The minimum Gasteiger partial charge on any atom is -0.481 e. The van der Waals surface area contributed by atoms with Crippen LogP contribution in [0, 0.1) is 17.3 Å². The van der Waals surface area contributed by atoms with Crippen molar-refractivity contribution in [2.45, 2.75) is 45.3 Å². The van der Waals surface area contributed by atoms with Gasteiger partial charge in [-0.15, -0.1) is 0 Å². The third-order valence-corrected chi connectivity index (χ3v) is 4.18. The molecule has 0 saturated heterocycles. The van der Waals surface area contributed by atoms with E-state index in [9.17, 15) is 24.9 Å². The van der Waals surface area contributed by atoms with Gasteiger partial charge in [-0.2, -0.15) is 0 Å². The van der Waals surface area contributed by atoms with Crippen molar-refractivity contribution in [3.63, 3.8) is 0 Å². The summed E-state index contributed by atoms with van der Waals surface area (Å²) in [5, 5.41) is 37.9. The second kappa shape index (κ2) is 5.24. The topological polar surface area (TPSA) is 115 Å². The Hall–Kier alpha value is -1.14. The van der Waals surface area contributed by atoms with Gasteiger partial charge in [0, 0.05) is 5.92 Å². The van der Waals surface area contributed by atoms with Gasteiger partial charge in [0.25, 0.3) is 0 Å². The van der Waals surface area contributed by atoms with Gasteiger partial charge in [0.1, 0.15) is 0 Å². The molecule has 5 unspecified atom stereocenters. The number of aliphatic hydroxyl groups excluding tert-OH is 2. The lowest BCUT2D eigenvalue weighted by atomic mass is 9.59. The van der Waals surface area contributed by atoms with Gasteiger partial charge < -0.3 is 20.4 Å². The number of hydrogen-bond donors (Lipinski definition) is 4. The number of aliphatic carboxylic acids is 2. The summed E-state index contributed by atoms with van der Waals surface area (Å²) < 4.78 is 0. The van der Waals surface area contributed by atoms with E-state index in [-0.39, 0.29) is 19.3 Å². The van der Waals surface area contributed by atoms with Gasteiger partial charge in [-0.05, 0) is 33.1 Å². The van der Waals surface area contributed by atoms with E-state index in [2.05, 4.69) is 0 Å². The van der Waals surface area contributed by atoms with Crippen molar-refractivity contribution in [2.75, 3.05) is 0 Å². The van der Waals surface area contributed by atoms with E-state index in [0.717, 1.165) is 0 Å². The first-order valence-electron chi connectivity index (χ1n) is 6.05. The maximum absolute atomic E-state index is 11.5. The molecule has 0 aliphatic heterocycles. The first-order valence-corrected chi connectivity index (χ1v) is 6.05. The number of aliphatic hydroxyl groups is 2. The van der Waals surface area contributed by atoms with Gasteiger partial charge in [0.15, 0.2) is 0 Å². The third-order valence-electron chi connectivity index (χ3n) is 4.18. The fraction of sp³-hybridized carbons (Fsp3) is 0.833. The molecule has 1 fully saturated rings. The molecule has 1 saturated carbocycles. The fourth-order valence-electron chi connectivity index (χ4n) is 3.05. The normalized spacial score (nSPS) is 35.8. The van der Waals surface area contributed by atoms with Crippen LogP contribution in [0.4, 0.5) is 0 Å². The number of carboxylic acids is 2. The maximum Gasteiger partial charge on any atom is 0.312 e. The van der Waals surface area contributed by atoms with Gasteiger partial charge in [0.2, 0.25) is 0 Å². The Morgan fingerprint density at radius 2 is 1.78 bits per heavy atom. The predicted molar refractivity (Wildman–Crippen MR) is 61.9 cm³/mol. The molecule has 0 bridgehead atoms. The van der Waals surface area contributed by atoms with Gasteiger partial charge in [-0.1, -0.05) is 0 Å². The van der Waals surface area contributed by atoms with Crippen LogP contribution < -0.4 is 0 Å². The number of hydrogen-bond acceptors (Lipinski definition) is 4. The summed E-state index contributed by atoms with van der Waals surface area (Å²) in [7, 11) is 0. The molecule has 6 heteroatoms. The molecule has 4 N–H and O–H groups in total. The monoisotopic (exact) mass is 260 g/mol. The van der Waals surface area contributed by atoms with Gasteiger partial charge in [0.05, 0.1) is 23.5 Å². The molecule has 0 amide bonds. The van der Waals surface area contributed by atoms with E-state index < -0.39 is 41.4 Å². The summed E-state index contributed by atoms with van der Waals surface area (Å²) in [6.07, 6.45) is -1.77. The molecule has 18 heavy (non-hydrogen) atoms. The van der Waals surface area contributed by atoms with E-state index in [1.54, 1.807) is 0 Å². The Labute approximate surface area is 105 Å². The molecular weight excluding hydrogens is 240 g/mol. The van der Waals surface area contributed by atoms with Crippen LogP contribution in [0.1, 0.15) is 33.1 Å². The molecule has 0 spiro atoms. The van der Waals surface area contributed by atoms with Crippen LogP contribution in [0.5, 0.6) is 0 Å². The summed E-state index contributed by atoms with van der Waals surface area (Å²) >= 11 is 0. The van der Waals surface area contributed by atoms with Crippen LogP contribution in [0.2, 0.25) is 0 Å². The van der Waals surface area contributed by atoms with Crippen molar-refractivity contribution in [1.82, 2.24) is 0 Å². The van der Waals surface area contributed by atoms with Crippen LogP contribution in [-0.2, 0) is 9.59 Å².